The molecule has 0 unspecified atom stereocenters. The zero-order chi connectivity index (χ0) is 18.1. The van der Waals surface area contributed by atoms with Crippen molar-refractivity contribution in [3.63, 3.8) is 0 Å². The van der Waals surface area contributed by atoms with E-state index in [2.05, 4.69) is 32.6 Å². The quantitative estimate of drug-likeness (QED) is 0.770. The standard InChI is InChI=1S/C18H19N5OS/c1-10-17(11(2)24-22-10)13-6-15(21-18(20)14(13)7-19)16-5-12(9-25-16)8-23(3)4/h5-6,9H,8H2,1-4H3,(H2,20,21). The molecule has 128 valence electrons. The molecule has 0 saturated heterocycles. The molecule has 6 nitrogen and oxygen atoms in total. The zero-order valence-corrected chi connectivity index (χ0v) is 15.4. The highest BCUT2D eigenvalue weighted by atomic mass is 32.1. The number of nitriles is 1. The van der Waals surface area contributed by atoms with Crippen LogP contribution in [0.15, 0.2) is 22.0 Å². The van der Waals surface area contributed by atoms with Gasteiger partial charge in [-0.25, -0.2) is 4.98 Å². The van der Waals surface area contributed by atoms with E-state index in [0.717, 1.165) is 28.4 Å². The van der Waals surface area contributed by atoms with Gasteiger partial charge in [-0.2, -0.15) is 5.26 Å². The molecule has 0 aliphatic rings. The normalized spacial score (nSPS) is 11.0. The summed E-state index contributed by atoms with van der Waals surface area (Å²) in [5.41, 5.74) is 10.6. The third-order valence-corrected chi connectivity index (χ3v) is 4.87. The van der Waals surface area contributed by atoms with Crippen LogP contribution in [0.1, 0.15) is 22.6 Å². The second-order valence-electron chi connectivity index (χ2n) is 6.18. The first-order chi connectivity index (χ1) is 11.9. The molecule has 0 aliphatic heterocycles. The largest absolute Gasteiger partial charge is 0.383 e. The van der Waals surface area contributed by atoms with E-state index in [9.17, 15) is 5.26 Å². The van der Waals surface area contributed by atoms with Crippen LogP contribution in [0.5, 0.6) is 0 Å². The molecule has 0 amide bonds. The molecular weight excluding hydrogens is 334 g/mol. The summed E-state index contributed by atoms with van der Waals surface area (Å²) in [6.45, 7) is 4.54. The van der Waals surface area contributed by atoms with E-state index < -0.39 is 0 Å². The SMILES string of the molecule is Cc1noc(C)c1-c1cc(-c2cc(CN(C)C)cs2)nc(N)c1C#N. The number of aromatic nitrogens is 2. The zero-order valence-electron chi connectivity index (χ0n) is 14.6. The van der Waals surface area contributed by atoms with E-state index in [1.54, 1.807) is 11.3 Å². The van der Waals surface area contributed by atoms with Gasteiger partial charge in [0, 0.05) is 17.7 Å². The van der Waals surface area contributed by atoms with Gasteiger partial charge in [-0.3, -0.25) is 0 Å². The summed E-state index contributed by atoms with van der Waals surface area (Å²) in [6.07, 6.45) is 0. The Bertz CT molecular complexity index is 945. The van der Waals surface area contributed by atoms with Crippen LogP contribution in [0.25, 0.3) is 21.7 Å². The Morgan fingerprint density at radius 2 is 2.08 bits per heavy atom. The van der Waals surface area contributed by atoms with Crippen molar-refractivity contribution in [3.05, 3.63) is 40.1 Å². The fraction of sp³-hybridized carbons (Fsp3) is 0.278. The van der Waals surface area contributed by atoms with Crippen molar-refractivity contribution >= 4 is 17.2 Å². The number of rotatable bonds is 4. The highest BCUT2D eigenvalue weighted by molar-refractivity contribution is 7.13. The molecule has 3 aromatic rings. The number of pyridine rings is 1. The Morgan fingerprint density at radius 3 is 2.68 bits per heavy atom. The van der Waals surface area contributed by atoms with Gasteiger partial charge in [-0.05, 0) is 51.0 Å². The van der Waals surface area contributed by atoms with Crippen molar-refractivity contribution in [3.8, 4) is 27.8 Å². The van der Waals surface area contributed by atoms with Crippen LogP contribution < -0.4 is 5.73 Å². The maximum Gasteiger partial charge on any atom is 0.142 e. The second-order valence-corrected chi connectivity index (χ2v) is 7.09. The number of hydrogen-bond donors (Lipinski definition) is 1. The lowest BCUT2D eigenvalue weighted by atomic mass is 9.98. The summed E-state index contributed by atoms with van der Waals surface area (Å²) in [7, 11) is 4.07. The van der Waals surface area contributed by atoms with Crippen LogP contribution in [0.4, 0.5) is 5.82 Å². The molecule has 0 bridgehead atoms. The van der Waals surface area contributed by atoms with Crippen LogP contribution in [-0.2, 0) is 6.54 Å². The molecule has 7 heteroatoms. The average molecular weight is 353 g/mol. The van der Waals surface area contributed by atoms with Gasteiger partial charge in [0.2, 0.25) is 0 Å². The molecule has 3 rings (SSSR count). The fourth-order valence-corrected chi connectivity index (χ4v) is 3.70. The molecule has 0 atom stereocenters. The minimum atomic E-state index is 0.220. The lowest BCUT2D eigenvalue weighted by molar-refractivity contribution is 0.393. The van der Waals surface area contributed by atoms with Crippen molar-refractivity contribution in [2.45, 2.75) is 20.4 Å². The van der Waals surface area contributed by atoms with Gasteiger partial charge >= 0.3 is 0 Å². The number of nitrogen functional groups attached to an aromatic ring is 1. The topological polar surface area (TPSA) is 92.0 Å². The summed E-state index contributed by atoms with van der Waals surface area (Å²) in [6, 6.07) is 6.16. The van der Waals surface area contributed by atoms with Gasteiger partial charge in [-0.15, -0.1) is 11.3 Å². The molecule has 0 radical (unpaired) electrons. The maximum absolute atomic E-state index is 9.52. The Kier molecular flexibility index (Phi) is 4.57. The van der Waals surface area contributed by atoms with E-state index >= 15 is 0 Å². The third-order valence-electron chi connectivity index (χ3n) is 3.87. The van der Waals surface area contributed by atoms with E-state index in [4.69, 9.17) is 10.3 Å². The summed E-state index contributed by atoms with van der Waals surface area (Å²) >= 11 is 1.61. The van der Waals surface area contributed by atoms with Gasteiger partial charge in [0.1, 0.15) is 23.2 Å². The molecule has 3 aromatic heterocycles. The molecule has 2 N–H and O–H groups in total. The van der Waals surface area contributed by atoms with Crippen LogP contribution in [-0.4, -0.2) is 29.1 Å². The number of thiophene rings is 1. The van der Waals surface area contributed by atoms with E-state index in [1.807, 2.05) is 34.0 Å². The predicted molar refractivity (Wildman–Crippen MR) is 99.0 cm³/mol. The summed E-state index contributed by atoms with van der Waals surface area (Å²) in [5.74, 6) is 0.877. The van der Waals surface area contributed by atoms with Crippen molar-refractivity contribution in [1.29, 1.82) is 5.26 Å². The number of nitrogens with two attached hydrogens (primary N) is 1. The molecule has 0 saturated carbocycles. The first kappa shape index (κ1) is 17.1. The average Bonchev–Trinajstić information content (AvgIpc) is 3.13. The van der Waals surface area contributed by atoms with E-state index in [1.165, 1.54) is 5.56 Å². The number of nitrogens with zero attached hydrogens (tertiary/aromatic N) is 4. The van der Waals surface area contributed by atoms with Crippen LogP contribution in [0, 0.1) is 25.2 Å². The summed E-state index contributed by atoms with van der Waals surface area (Å²) in [4.78, 5) is 7.57. The van der Waals surface area contributed by atoms with Crippen molar-refractivity contribution < 1.29 is 4.52 Å². The maximum atomic E-state index is 9.52. The van der Waals surface area contributed by atoms with Crippen molar-refractivity contribution in [1.82, 2.24) is 15.0 Å². The smallest absolute Gasteiger partial charge is 0.142 e. The molecule has 0 aromatic carbocycles. The Morgan fingerprint density at radius 1 is 1.32 bits per heavy atom. The van der Waals surface area contributed by atoms with Crippen LogP contribution >= 0.6 is 11.3 Å². The highest BCUT2D eigenvalue weighted by Crippen LogP contribution is 2.36. The first-order valence-electron chi connectivity index (χ1n) is 7.77. The van der Waals surface area contributed by atoms with Crippen molar-refractivity contribution in [2.75, 3.05) is 19.8 Å². The van der Waals surface area contributed by atoms with Crippen LogP contribution in [0.3, 0.4) is 0 Å². The number of anilines is 1. The van der Waals surface area contributed by atoms with E-state index in [0.29, 0.717) is 16.9 Å². The summed E-state index contributed by atoms with van der Waals surface area (Å²) < 4.78 is 5.26. The molecular formula is C18H19N5OS. The Hall–Kier alpha value is -2.69. The lowest BCUT2D eigenvalue weighted by Crippen LogP contribution is -2.09. The highest BCUT2D eigenvalue weighted by Gasteiger charge is 2.20. The second kappa shape index (κ2) is 6.67. The third kappa shape index (κ3) is 3.27. The Labute approximate surface area is 150 Å². The Balaban J connectivity index is 2.14. The van der Waals surface area contributed by atoms with Crippen LogP contribution in [0.2, 0.25) is 0 Å². The van der Waals surface area contributed by atoms with Crippen molar-refractivity contribution in [2.24, 2.45) is 0 Å². The minimum absolute atomic E-state index is 0.220. The fourth-order valence-electron chi connectivity index (χ4n) is 2.83. The van der Waals surface area contributed by atoms with Gasteiger partial charge in [-0.1, -0.05) is 5.16 Å². The lowest BCUT2D eigenvalue weighted by Gasteiger charge is -2.09. The minimum Gasteiger partial charge on any atom is -0.383 e. The predicted octanol–water partition coefficient (Wildman–Crippen LogP) is 3.60. The molecule has 3 heterocycles. The monoisotopic (exact) mass is 353 g/mol. The number of hydrogen-bond acceptors (Lipinski definition) is 7. The van der Waals surface area contributed by atoms with Gasteiger partial charge in [0.15, 0.2) is 0 Å². The first-order valence-corrected chi connectivity index (χ1v) is 8.65. The molecule has 0 aliphatic carbocycles. The van der Waals surface area contributed by atoms with Gasteiger partial charge in [0.05, 0.1) is 16.3 Å². The van der Waals surface area contributed by atoms with Gasteiger partial charge < -0.3 is 15.2 Å². The number of aryl methyl sites for hydroxylation is 2. The summed E-state index contributed by atoms with van der Waals surface area (Å²) in [5, 5.41) is 15.6. The van der Waals surface area contributed by atoms with Gasteiger partial charge in [0.25, 0.3) is 0 Å². The molecule has 0 spiro atoms. The molecule has 0 fully saturated rings. The van der Waals surface area contributed by atoms with E-state index in [-0.39, 0.29) is 5.82 Å². The molecule has 25 heavy (non-hydrogen) atoms.